The number of rotatable bonds is 3. The number of hydrogen-bond donors (Lipinski definition) is 1. The first-order chi connectivity index (χ1) is 11.8. The average Bonchev–Trinajstić information content (AvgIpc) is 3.12. The zero-order chi connectivity index (χ0) is 17.9. The number of carbonyl (C=O) groups is 1. The first-order valence-electron chi connectivity index (χ1n) is 7.63. The average molecular weight is 369 g/mol. The van der Waals surface area contributed by atoms with Gasteiger partial charge in [0.25, 0.3) is 0 Å². The molecule has 1 saturated carbocycles. The van der Waals surface area contributed by atoms with Crippen molar-refractivity contribution in [2.24, 2.45) is 5.92 Å². The minimum Gasteiger partial charge on any atom is -0.489 e. The Labute approximate surface area is 146 Å². The highest BCUT2D eigenvalue weighted by Crippen LogP contribution is 2.58. The number of benzene rings is 2. The third-order valence-corrected chi connectivity index (χ3v) is 5.07. The van der Waals surface area contributed by atoms with Crippen LogP contribution in [0, 0.1) is 5.92 Å². The van der Waals surface area contributed by atoms with Gasteiger partial charge in [0.15, 0.2) is 0 Å². The molecule has 0 saturated heterocycles. The molecule has 1 N–H and O–H groups in total. The molecule has 2 aromatic carbocycles. The molecule has 1 fully saturated rings. The van der Waals surface area contributed by atoms with Crippen LogP contribution in [-0.2, 0) is 17.4 Å². The first kappa shape index (κ1) is 16.3. The molecule has 4 rings (SSSR count). The molecule has 3 atom stereocenters. The lowest BCUT2D eigenvalue weighted by atomic mass is 10.00. The van der Waals surface area contributed by atoms with Gasteiger partial charge in [-0.15, -0.1) is 0 Å². The van der Waals surface area contributed by atoms with Gasteiger partial charge < -0.3 is 9.84 Å². The molecule has 0 spiro atoms. The van der Waals surface area contributed by atoms with Crippen LogP contribution < -0.4 is 4.74 Å². The molecule has 0 aromatic heterocycles. The molecule has 0 unspecified atom stereocenters. The van der Waals surface area contributed by atoms with Gasteiger partial charge in [-0.25, -0.2) is 0 Å². The second kappa shape index (κ2) is 5.39. The van der Waals surface area contributed by atoms with E-state index in [9.17, 15) is 18.0 Å². The van der Waals surface area contributed by atoms with Crippen LogP contribution in [0.5, 0.6) is 5.75 Å². The van der Waals surface area contributed by atoms with Crippen molar-refractivity contribution in [3.63, 3.8) is 0 Å². The van der Waals surface area contributed by atoms with Crippen molar-refractivity contribution in [2.45, 2.75) is 24.6 Å². The van der Waals surface area contributed by atoms with Crippen molar-refractivity contribution in [1.82, 2.24) is 0 Å². The van der Waals surface area contributed by atoms with Crippen LogP contribution >= 0.6 is 11.6 Å². The van der Waals surface area contributed by atoms with Gasteiger partial charge in [-0.3, -0.25) is 4.79 Å². The standard InChI is InChI=1S/C18H12ClF3O3/c19-12-7-10(18(20,21)22)3-2-9(12)5-8-1-4-11-13(6-8)25-16-14(11)15(16)17(23)24/h1-4,6-7,14-16H,5H2,(H,23,24)/t14-,15-,16-/m1/s1. The van der Waals surface area contributed by atoms with Crippen molar-refractivity contribution in [3.05, 3.63) is 63.7 Å². The van der Waals surface area contributed by atoms with Gasteiger partial charge in [0.05, 0.1) is 5.56 Å². The van der Waals surface area contributed by atoms with E-state index in [1.807, 2.05) is 12.1 Å². The molecule has 1 aliphatic heterocycles. The van der Waals surface area contributed by atoms with Gasteiger partial charge in [0, 0.05) is 16.5 Å². The van der Waals surface area contributed by atoms with Gasteiger partial charge in [0.1, 0.15) is 17.8 Å². The van der Waals surface area contributed by atoms with E-state index >= 15 is 0 Å². The molecule has 0 amide bonds. The first-order valence-corrected chi connectivity index (χ1v) is 8.01. The molecule has 2 aliphatic rings. The highest BCUT2D eigenvalue weighted by molar-refractivity contribution is 6.31. The molecule has 25 heavy (non-hydrogen) atoms. The van der Waals surface area contributed by atoms with Crippen molar-refractivity contribution in [1.29, 1.82) is 0 Å². The molecule has 3 nitrogen and oxygen atoms in total. The van der Waals surface area contributed by atoms with E-state index < -0.39 is 23.6 Å². The van der Waals surface area contributed by atoms with Crippen LogP contribution in [0.15, 0.2) is 36.4 Å². The second-order valence-electron chi connectivity index (χ2n) is 6.33. The molecule has 1 aliphatic carbocycles. The van der Waals surface area contributed by atoms with E-state index in [-0.39, 0.29) is 17.0 Å². The molecular formula is C18H12ClF3O3. The lowest BCUT2D eigenvalue weighted by Crippen LogP contribution is -2.08. The van der Waals surface area contributed by atoms with Crippen LogP contribution in [0.2, 0.25) is 5.02 Å². The summed E-state index contributed by atoms with van der Waals surface area (Å²) >= 11 is 5.99. The Morgan fingerprint density at radius 2 is 1.96 bits per heavy atom. The number of alkyl halides is 3. The maximum atomic E-state index is 12.7. The molecule has 1 heterocycles. The number of ether oxygens (including phenoxy) is 1. The fraction of sp³-hybridized carbons (Fsp3) is 0.278. The van der Waals surface area contributed by atoms with Gasteiger partial charge in [-0.1, -0.05) is 29.8 Å². The minimum atomic E-state index is -4.43. The Balaban J connectivity index is 1.55. The van der Waals surface area contributed by atoms with Gasteiger partial charge >= 0.3 is 12.1 Å². The highest BCUT2D eigenvalue weighted by atomic mass is 35.5. The van der Waals surface area contributed by atoms with Crippen molar-refractivity contribution in [3.8, 4) is 5.75 Å². The van der Waals surface area contributed by atoms with Crippen LogP contribution in [0.3, 0.4) is 0 Å². The van der Waals surface area contributed by atoms with E-state index in [0.29, 0.717) is 17.7 Å². The summed E-state index contributed by atoms with van der Waals surface area (Å²) in [7, 11) is 0. The third kappa shape index (κ3) is 2.74. The summed E-state index contributed by atoms with van der Waals surface area (Å²) in [6.07, 6.45) is -4.37. The maximum Gasteiger partial charge on any atom is 0.416 e. The molecule has 7 heteroatoms. The third-order valence-electron chi connectivity index (χ3n) is 4.71. The topological polar surface area (TPSA) is 46.5 Å². The second-order valence-corrected chi connectivity index (χ2v) is 6.73. The Morgan fingerprint density at radius 3 is 2.60 bits per heavy atom. The monoisotopic (exact) mass is 368 g/mol. The van der Waals surface area contributed by atoms with Crippen molar-refractivity contribution < 1.29 is 27.8 Å². The van der Waals surface area contributed by atoms with Crippen LogP contribution in [-0.4, -0.2) is 17.2 Å². The fourth-order valence-electron chi connectivity index (χ4n) is 3.39. The summed E-state index contributed by atoms with van der Waals surface area (Å²) in [6.45, 7) is 0. The van der Waals surface area contributed by atoms with E-state index in [4.69, 9.17) is 21.4 Å². The normalized spacial score (nSPS) is 23.6. The Bertz CT molecular complexity index is 878. The minimum absolute atomic E-state index is 0.0602. The number of hydrogen-bond acceptors (Lipinski definition) is 2. The van der Waals surface area contributed by atoms with Crippen LogP contribution in [0.25, 0.3) is 0 Å². The van der Waals surface area contributed by atoms with Crippen molar-refractivity contribution in [2.75, 3.05) is 0 Å². The predicted octanol–water partition coefficient (Wildman–Crippen LogP) is 4.51. The molecular weight excluding hydrogens is 357 g/mol. The van der Waals surface area contributed by atoms with E-state index in [0.717, 1.165) is 23.3 Å². The van der Waals surface area contributed by atoms with Crippen LogP contribution in [0.4, 0.5) is 13.2 Å². The quantitative estimate of drug-likeness (QED) is 0.867. The zero-order valence-electron chi connectivity index (χ0n) is 12.7. The number of carboxylic acid groups (broad SMARTS) is 1. The summed E-state index contributed by atoms with van der Waals surface area (Å²) < 4.78 is 43.7. The van der Waals surface area contributed by atoms with E-state index in [1.165, 1.54) is 6.07 Å². The molecule has 2 aromatic rings. The molecule has 0 radical (unpaired) electrons. The predicted molar refractivity (Wildman–Crippen MR) is 84.0 cm³/mol. The number of carboxylic acids is 1. The van der Waals surface area contributed by atoms with Gasteiger partial charge in [-0.05, 0) is 35.7 Å². The van der Waals surface area contributed by atoms with Gasteiger partial charge in [0.2, 0.25) is 0 Å². The number of halogens is 4. The maximum absolute atomic E-state index is 12.7. The number of aliphatic carboxylic acids is 1. The summed E-state index contributed by atoms with van der Waals surface area (Å²) in [5.74, 6) is -0.798. The van der Waals surface area contributed by atoms with Crippen molar-refractivity contribution >= 4 is 17.6 Å². The lowest BCUT2D eigenvalue weighted by molar-refractivity contribution is -0.139. The summed E-state index contributed by atoms with van der Waals surface area (Å²) in [6, 6.07) is 8.77. The summed E-state index contributed by atoms with van der Waals surface area (Å²) in [5, 5.41) is 9.13. The molecule has 0 bridgehead atoms. The summed E-state index contributed by atoms with van der Waals surface area (Å²) in [5.41, 5.74) is 1.52. The molecule has 130 valence electrons. The summed E-state index contributed by atoms with van der Waals surface area (Å²) in [4.78, 5) is 11.1. The smallest absolute Gasteiger partial charge is 0.416 e. The SMILES string of the molecule is O=C(O)[C@H]1[C@@H]2Oc3cc(Cc4ccc(C(F)(F)F)cc4Cl)ccc3[C@@H]21. The van der Waals surface area contributed by atoms with Gasteiger partial charge in [-0.2, -0.15) is 13.2 Å². The Morgan fingerprint density at radius 1 is 1.20 bits per heavy atom. The van der Waals surface area contributed by atoms with E-state index in [1.54, 1.807) is 6.07 Å². The zero-order valence-corrected chi connectivity index (χ0v) is 13.4. The lowest BCUT2D eigenvalue weighted by Gasteiger charge is -2.12. The van der Waals surface area contributed by atoms with E-state index in [2.05, 4.69) is 0 Å². The Kier molecular flexibility index (Phi) is 3.51. The highest BCUT2D eigenvalue weighted by Gasteiger charge is 2.62. The Hall–Kier alpha value is -2.21. The fourth-order valence-corrected chi connectivity index (χ4v) is 3.64. The largest absolute Gasteiger partial charge is 0.489 e. The van der Waals surface area contributed by atoms with Crippen LogP contribution in [0.1, 0.15) is 28.2 Å². The number of fused-ring (bicyclic) bond motifs is 3.